The van der Waals surface area contributed by atoms with Crippen LogP contribution >= 0.6 is 23.2 Å². The van der Waals surface area contributed by atoms with E-state index in [0.717, 1.165) is 11.1 Å². The van der Waals surface area contributed by atoms with Gasteiger partial charge in [0.05, 0.1) is 0 Å². The van der Waals surface area contributed by atoms with Crippen LogP contribution in [0.25, 0.3) is 0 Å². The van der Waals surface area contributed by atoms with Crippen molar-refractivity contribution in [1.82, 2.24) is 5.32 Å². The monoisotopic (exact) mass is 311 g/mol. The van der Waals surface area contributed by atoms with Crippen molar-refractivity contribution in [3.8, 4) is 0 Å². The lowest BCUT2D eigenvalue weighted by Crippen LogP contribution is -2.20. The number of hydrogen-bond donors (Lipinski definition) is 1. The van der Waals surface area contributed by atoms with Gasteiger partial charge in [0.25, 0.3) is 0 Å². The summed E-state index contributed by atoms with van der Waals surface area (Å²) in [7, 11) is 1.85. The molecule has 0 aliphatic heterocycles. The summed E-state index contributed by atoms with van der Waals surface area (Å²) in [5.74, 6) is -0.280. The Balaban J connectivity index is 2.36. The first-order chi connectivity index (χ1) is 9.52. The molecule has 0 aliphatic rings. The molecule has 4 heteroatoms. The Morgan fingerprint density at radius 3 is 2.60 bits per heavy atom. The molecule has 0 aromatic heterocycles. The van der Waals surface area contributed by atoms with Crippen LogP contribution in [0.1, 0.15) is 22.7 Å². The summed E-state index contributed by atoms with van der Waals surface area (Å²) >= 11 is 12.2. The van der Waals surface area contributed by atoms with Gasteiger partial charge in [-0.25, -0.2) is 4.39 Å². The highest BCUT2D eigenvalue weighted by Gasteiger charge is 2.17. The molecule has 2 aromatic carbocycles. The molecule has 0 saturated heterocycles. The van der Waals surface area contributed by atoms with Gasteiger partial charge >= 0.3 is 0 Å². The largest absolute Gasteiger partial charge is 0.313 e. The first kappa shape index (κ1) is 15.3. The van der Waals surface area contributed by atoms with Gasteiger partial charge in [-0.3, -0.25) is 0 Å². The van der Waals surface area contributed by atoms with Gasteiger partial charge in [0, 0.05) is 21.7 Å². The third-order valence-electron chi connectivity index (χ3n) is 3.44. The van der Waals surface area contributed by atoms with Crippen LogP contribution < -0.4 is 5.32 Å². The second-order valence-corrected chi connectivity index (χ2v) is 5.59. The molecule has 0 spiro atoms. The molecule has 2 rings (SSSR count). The van der Waals surface area contributed by atoms with Gasteiger partial charge in [0.2, 0.25) is 0 Å². The van der Waals surface area contributed by atoms with Crippen LogP contribution in [0.5, 0.6) is 0 Å². The van der Waals surface area contributed by atoms with Crippen molar-refractivity contribution < 1.29 is 4.39 Å². The number of benzene rings is 2. The first-order valence-corrected chi connectivity index (χ1v) is 7.14. The summed E-state index contributed by atoms with van der Waals surface area (Å²) in [5.41, 5.74) is 2.69. The number of hydrogen-bond acceptors (Lipinski definition) is 1. The zero-order chi connectivity index (χ0) is 14.7. The molecule has 1 unspecified atom stereocenters. The summed E-state index contributed by atoms with van der Waals surface area (Å²) in [6.45, 7) is 2.01. The van der Waals surface area contributed by atoms with Gasteiger partial charge in [-0.1, -0.05) is 35.3 Å². The highest BCUT2D eigenvalue weighted by Crippen LogP contribution is 2.28. The van der Waals surface area contributed by atoms with Gasteiger partial charge in [0.1, 0.15) is 5.82 Å². The zero-order valence-corrected chi connectivity index (χ0v) is 12.9. The summed E-state index contributed by atoms with van der Waals surface area (Å²) in [6.07, 6.45) is 0.475. The molecule has 1 N–H and O–H groups in total. The van der Waals surface area contributed by atoms with Crippen molar-refractivity contribution in [1.29, 1.82) is 0 Å². The maximum atomic E-state index is 13.9. The Morgan fingerprint density at radius 1 is 1.20 bits per heavy atom. The molecule has 0 saturated carbocycles. The van der Waals surface area contributed by atoms with Crippen LogP contribution in [0.4, 0.5) is 4.39 Å². The first-order valence-electron chi connectivity index (χ1n) is 6.39. The second kappa shape index (κ2) is 6.57. The highest BCUT2D eigenvalue weighted by molar-refractivity contribution is 6.31. The maximum Gasteiger partial charge on any atom is 0.127 e. The summed E-state index contributed by atoms with van der Waals surface area (Å²) < 4.78 is 13.9. The van der Waals surface area contributed by atoms with E-state index in [-0.39, 0.29) is 11.9 Å². The van der Waals surface area contributed by atoms with Crippen molar-refractivity contribution in [3.05, 3.63) is 69.0 Å². The summed E-state index contributed by atoms with van der Waals surface area (Å²) in [4.78, 5) is 0. The van der Waals surface area contributed by atoms with E-state index in [4.69, 9.17) is 23.2 Å². The quantitative estimate of drug-likeness (QED) is 0.843. The molecule has 1 nitrogen and oxygen atoms in total. The number of rotatable bonds is 4. The summed E-state index contributed by atoms with van der Waals surface area (Å²) in [6, 6.07) is 10.4. The van der Waals surface area contributed by atoms with Gasteiger partial charge < -0.3 is 5.32 Å². The minimum atomic E-state index is -0.280. The maximum absolute atomic E-state index is 13.9. The van der Waals surface area contributed by atoms with Crippen molar-refractivity contribution in [2.45, 2.75) is 19.4 Å². The highest BCUT2D eigenvalue weighted by atomic mass is 35.5. The fourth-order valence-corrected chi connectivity index (χ4v) is 2.71. The number of likely N-dealkylation sites (N-methyl/N-ethyl adjacent to an activating group) is 1. The van der Waals surface area contributed by atoms with E-state index >= 15 is 0 Å². The molecule has 0 amide bonds. The van der Waals surface area contributed by atoms with E-state index < -0.39 is 0 Å². The van der Waals surface area contributed by atoms with Crippen LogP contribution in [0.3, 0.4) is 0 Å². The zero-order valence-electron chi connectivity index (χ0n) is 11.4. The van der Waals surface area contributed by atoms with Gasteiger partial charge in [-0.05, 0) is 55.8 Å². The van der Waals surface area contributed by atoms with E-state index in [1.54, 1.807) is 12.1 Å². The summed E-state index contributed by atoms with van der Waals surface area (Å²) in [5, 5.41) is 4.33. The Labute approximate surface area is 128 Å². The van der Waals surface area contributed by atoms with Crippen molar-refractivity contribution in [2.75, 3.05) is 7.05 Å². The van der Waals surface area contributed by atoms with Crippen LogP contribution in [0.15, 0.2) is 36.4 Å². The third kappa shape index (κ3) is 3.32. The lowest BCUT2D eigenvalue weighted by molar-refractivity contribution is 0.553. The molecule has 0 fully saturated rings. The van der Waals surface area contributed by atoms with Crippen LogP contribution in [-0.2, 0) is 6.42 Å². The molecule has 2 aromatic rings. The molecule has 20 heavy (non-hydrogen) atoms. The van der Waals surface area contributed by atoms with Gasteiger partial charge in [0.15, 0.2) is 0 Å². The molecule has 0 bridgehead atoms. The molecule has 1 atom stereocenters. The lowest BCUT2D eigenvalue weighted by Gasteiger charge is -2.20. The smallest absolute Gasteiger partial charge is 0.127 e. The van der Waals surface area contributed by atoms with Crippen molar-refractivity contribution in [2.24, 2.45) is 0 Å². The topological polar surface area (TPSA) is 12.0 Å². The Hall–Kier alpha value is -1.09. The molecular weight excluding hydrogens is 296 g/mol. The number of nitrogens with one attached hydrogen (secondary N) is 1. The van der Waals surface area contributed by atoms with Gasteiger partial charge in [-0.2, -0.15) is 0 Å². The molecule has 0 aliphatic carbocycles. The lowest BCUT2D eigenvalue weighted by atomic mass is 9.95. The third-order valence-corrected chi connectivity index (χ3v) is 4.02. The molecule has 0 radical (unpaired) electrons. The number of halogens is 3. The van der Waals surface area contributed by atoms with E-state index in [0.29, 0.717) is 22.0 Å². The molecular formula is C16H16Cl2FN. The van der Waals surface area contributed by atoms with Crippen LogP contribution in [0, 0.1) is 12.7 Å². The Bertz CT molecular complexity index is 593. The van der Waals surface area contributed by atoms with Gasteiger partial charge in [-0.15, -0.1) is 0 Å². The van der Waals surface area contributed by atoms with E-state index in [9.17, 15) is 4.39 Å². The minimum absolute atomic E-state index is 0.0388. The predicted molar refractivity (Wildman–Crippen MR) is 83.1 cm³/mol. The average Bonchev–Trinajstić information content (AvgIpc) is 2.42. The standard InChI is InChI=1S/C16H16Cl2FN/c1-10-6-7-11(17)8-12(10)16(20-2)9-13-14(18)4-3-5-15(13)19/h3-8,16,20H,9H2,1-2H3. The molecule has 106 valence electrons. The van der Waals surface area contributed by atoms with Crippen molar-refractivity contribution in [3.63, 3.8) is 0 Å². The van der Waals surface area contributed by atoms with Crippen LogP contribution in [-0.4, -0.2) is 7.05 Å². The Morgan fingerprint density at radius 2 is 1.95 bits per heavy atom. The fraction of sp³-hybridized carbons (Fsp3) is 0.250. The molecule has 0 heterocycles. The number of aryl methyl sites for hydroxylation is 1. The minimum Gasteiger partial charge on any atom is -0.313 e. The van der Waals surface area contributed by atoms with E-state index in [1.807, 2.05) is 32.2 Å². The second-order valence-electron chi connectivity index (χ2n) is 4.75. The Kier molecular flexibility index (Phi) is 5.03. The van der Waals surface area contributed by atoms with Crippen molar-refractivity contribution >= 4 is 23.2 Å². The normalized spacial score (nSPS) is 12.4. The predicted octanol–water partition coefficient (Wildman–Crippen LogP) is 4.94. The van der Waals surface area contributed by atoms with E-state index in [1.165, 1.54) is 6.07 Å². The van der Waals surface area contributed by atoms with E-state index in [2.05, 4.69) is 5.32 Å². The fourth-order valence-electron chi connectivity index (χ4n) is 2.29. The average molecular weight is 312 g/mol. The SMILES string of the molecule is CNC(Cc1c(F)cccc1Cl)c1cc(Cl)ccc1C. The van der Waals surface area contributed by atoms with Crippen LogP contribution in [0.2, 0.25) is 10.0 Å².